The van der Waals surface area contributed by atoms with Crippen molar-refractivity contribution in [3.63, 3.8) is 0 Å². The molecule has 0 saturated carbocycles. The number of guanidine groups is 1. The summed E-state index contributed by atoms with van der Waals surface area (Å²) in [7, 11) is 3.79. The smallest absolute Gasteiger partial charge is 0.193 e. The number of hydrogen-bond donors (Lipinski definition) is 1. The number of likely N-dealkylation sites (N-methyl/N-ethyl adjacent to an activating group) is 1. The molecule has 6 nitrogen and oxygen atoms in total. The molecule has 0 amide bonds. The van der Waals surface area contributed by atoms with Crippen LogP contribution in [0.25, 0.3) is 0 Å². The van der Waals surface area contributed by atoms with Gasteiger partial charge < -0.3 is 19.5 Å². The molecule has 0 bridgehead atoms. The zero-order valence-corrected chi connectivity index (χ0v) is 18.5. The zero-order valence-electron chi connectivity index (χ0n) is 16.2. The Morgan fingerprint density at radius 2 is 1.92 bits per heavy atom. The summed E-state index contributed by atoms with van der Waals surface area (Å²) in [4.78, 5) is 6.38. The third-order valence-corrected chi connectivity index (χ3v) is 4.13. The van der Waals surface area contributed by atoms with Gasteiger partial charge in [0.1, 0.15) is 18.1 Å². The van der Waals surface area contributed by atoms with E-state index in [9.17, 15) is 0 Å². The number of nitrogens with zero attached hydrogens (tertiary/aromatic N) is 3. The molecule has 2 rings (SSSR count). The average Bonchev–Trinajstić information content (AvgIpc) is 2.92. The largest absolute Gasteiger partial charge is 0.492 e. The van der Waals surface area contributed by atoms with Gasteiger partial charge in [-0.05, 0) is 39.3 Å². The third kappa shape index (κ3) is 6.51. The Kier molecular flexibility index (Phi) is 9.47. The van der Waals surface area contributed by atoms with Crippen LogP contribution in [-0.4, -0.2) is 49.8 Å². The summed E-state index contributed by atoms with van der Waals surface area (Å²) in [5.41, 5.74) is 3.34. The highest BCUT2D eigenvalue weighted by atomic mass is 127. The second kappa shape index (κ2) is 11.1. The Hall–Kier alpha value is -1.77. The Bertz CT molecular complexity index is 679. The Balaban J connectivity index is 0.00000338. The van der Waals surface area contributed by atoms with E-state index in [4.69, 9.17) is 9.26 Å². The van der Waals surface area contributed by atoms with Gasteiger partial charge in [-0.25, -0.2) is 0 Å². The number of benzene rings is 1. The number of aliphatic imine (C=N–C) groups is 1. The molecule has 0 saturated heterocycles. The van der Waals surface area contributed by atoms with Crippen molar-refractivity contribution in [2.24, 2.45) is 4.99 Å². The SMILES string of the molecule is CN=C(NCCc1c(C)noc1C)N(C)CCOc1ccc(C)cc1.I. The quantitative estimate of drug-likeness (QED) is 0.381. The first kappa shape index (κ1) is 22.3. The van der Waals surface area contributed by atoms with Gasteiger partial charge in [0.15, 0.2) is 5.96 Å². The molecule has 0 aliphatic carbocycles. The summed E-state index contributed by atoms with van der Waals surface area (Å²) >= 11 is 0. The van der Waals surface area contributed by atoms with Crippen molar-refractivity contribution in [1.82, 2.24) is 15.4 Å². The first-order valence-corrected chi connectivity index (χ1v) is 8.54. The van der Waals surface area contributed by atoms with Crippen molar-refractivity contribution < 1.29 is 9.26 Å². The minimum absolute atomic E-state index is 0. The summed E-state index contributed by atoms with van der Waals surface area (Å²) in [5, 5.41) is 7.35. The number of aromatic nitrogens is 1. The van der Waals surface area contributed by atoms with E-state index >= 15 is 0 Å². The molecule has 1 aromatic carbocycles. The van der Waals surface area contributed by atoms with Crippen molar-refractivity contribution in [3.05, 3.63) is 46.8 Å². The first-order valence-electron chi connectivity index (χ1n) is 8.54. The average molecular weight is 472 g/mol. The van der Waals surface area contributed by atoms with Crippen molar-refractivity contribution in [2.75, 3.05) is 33.8 Å². The molecule has 7 heteroatoms. The highest BCUT2D eigenvalue weighted by Crippen LogP contribution is 2.12. The van der Waals surface area contributed by atoms with Crippen LogP contribution in [-0.2, 0) is 6.42 Å². The van der Waals surface area contributed by atoms with E-state index in [0.717, 1.165) is 48.2 Å². The summed E-state index contributed by atoms with van der Waals surface area (Å²) < 4.78 is 11.0. The topological polar surface area (TPSA) is 62.9 Å². The molecule has 1 N–H and O–H groups in total. The number of hydrogen-bond acceptors (Lipinski definition) is 4. The fraction of sp³-hybridized carbons (Fsp3) is 0.474. The van der Waals surface area contributed by atoms with E-state index in [1.54, 1.807) is 7.05 Å². The molecule has 0 unspecified atom stereocenters. The Morgan fingerprint density at radius 1 is 1.23 bits per heavy atom. The molecule has 0 fully saturated rings. The summed E-state index contributed by atoms with van der Waals surface area (Å²) in [6.45, 7) is 8.10. The lowest BCUT2D eigenvalue weighted by Crippen LogP contribution is -2.41. The molecule has 0 aliphatic heterocycles. The molecule has 0 radical (unpaired) electrons. The zero-order chi connectivity index (χ0) is 18.2. The van der Waals surface area contributed by atoms with Gasteiger partial charge in [0.05, 0.1) is 12.2 Å². The van der Waals surface area contributed by atoms with Crippen LogP contribution in [0.5, 0.6) is 5.75 Å². The first-order chi connectivity index (χ1) is 12.0. The van der Waals surface area contributed by atoms with Gasteiger partial charge in [-0.2, -0.15) is 0 Å². The summed E-state index contributed by atoms with van der Waals surface area (Å²) in [6, 6.07) is 8.08. The molecule has 144 valence electrons. The van der Waals surface area contributed by atoms with Crippen LogP contribution in [0, 0.1) is 20.8 Å². The van der Waals surface area contributed by atoms with Crippen LogP contribution in [0.3, 0.4) is 0 Å². The van der Waals surface area contributed by atoms with Crippen LogP contribution in [0.15, 0.2) is 33.8 Å². The van der Waals surface area contributed by atoms with Crippen molar-refractivity contribution in [3.8, 4) is 5.75 Å². The highest BCUT2D eigenvalue weighted by Gasteiger charge is 2.10. The fourth-order valence-electron chi connectivity index (χ4n) is 2.58. The lowest BCUT2D eigenvalue weighted by Gasteiger charge is -2.22. The van der Waals surface area contributed by atoms with E-state index < -0.39 is 0 Å². The predicted molar refractivity (Wildman–Crippen MR) is 116 cm³/mol. The van der Waals surface area contributed by atoms with Crippen LogP contribution in [0.2, 0.25) is 0 Å². The molecule has 0 atom stereocenters. The van der Waals surface area contributed by atoms with E-state index in [2.05, 4.69) is 27.3 Å². The van der Waals surface area contributed by atoms with Gasteiger partial charge in [-0.15, -0.1) is 24.0 Å². The standard InChI is InChI=1S/C19H28N4O2.HI/c1-14-6-8-17(9-7-14)24-13-12-23(5)19(20-4)21-11-10-18-15(2)22-25-16(18)3;/h6-9H,10-13H2,1-5H3,(H,20,21);1H. The van der Waals surface area contributed by atoms with E-state index in [1.165, 1.54) is 5.56 Å². The number of aryl methyl sites for hydroxylation is 3. The van der Waals surface area contributed by atoms with Crippen LogP contribution in [0.4, 0.5) is 0 Å². The predicted octanol–water partition coefficient (Wildman–Crippen LogP) is 3.35. The Labute approximate surface area is 173 Å². The van der Waals surface area contributed by atoms with Crippen molar-refractivity contribution in [2.45, 2.75) is 27.2 Å². The van der Waals surface area contributed by atoms with Gasteiger partial charge >= 0.3 is 0 Å². The van der Waals surface area contributed by atoms with Gasteiger partial charge in [-0.1, -0.05) is 22.9 Å². The molecule has 0 aliphatic rings. The maximum Gasteiger partial charge on any atom is 0.193 e. The number of ether oxygens (including phenoxy) is 1. The van der Waals surface area contributed by atoms with Crippen molar-refractivity contribution in [1.29, 1.82) is 0 Å². The fourth-order valence-corrected chi connectivity index (χ4v) is 2.58. The molecular weight excluding hydrogens is 443 g/mol. The minimum Gasteiger partial charge on any atom is -0.492 e. The second-order valence-corrected chi connectivity index (χ2v) is 6.11. The minimum atomic E-state index is 0. The van der Waals surface area contributed by atoms with Gasteiger partial charge in [-0.3, -0.25) is 4.99 Å². The molecule has 1 aromatic heterocycles. The highest BCUT2D eigenvalue weighted by molar-refractivity contribution is 14.0. The monoisotopic (exact) mass is 472 g/mol. The van der Waals surface area contributed by atoms with Crippen LogP contribution in [0.1, 0.15) is 22.6 Å². The number of rotatable bonds is 7. The molecular formula is C19H29IN4O2. The second-order valence-electron chi connectivity index (χ2n) is 6.11. The van der Waals surface area contributed by atoms with Gasteiger partial charge in [0.2, 0.25) is 0 Å². The maximum absolute atomic E-state index is 5.78. The number of halogens is 1. The molecule has 2 aromatic rings. The molecule has 0 spiro atoms. The lowest BCUT2D eigenvalue weighted by atomic mass is 10.1. The molecule has 26 heavy (non-hydrogen) atoms. The number of nitrogens with one attached hydrogen (secondary N) is 1. The Morgan fingerprint density at radius 3 is 2.50 bits per heavy atom. The van der Waals surface area contributed by atoms with Crippen LogP contribution < -0.4 is 10.1 Å². The summed E-state index contributed by atoms with van der Waals surface area (Å²) in [6.07, 6.45) is 0.855. The van der Waals surface area contributed by atoms with E-state index in [-0.39, 0.29) is 24.0 Å². The summed E-state index contributed by atoms with van der Waals surface area (Å²) in [5.74, 6) is 2.62. The maximum atomic E-state index is 5.78. The van der Waals surface area contributed by atoms with Crippen LogP contribution >= 0.6 is 24.0 Å². The van der Waals surface area contributed by atoms with Crippen molar-refractivity contribution >= 4 is 29.9 Å². The van der Waals surface area contributed by atoms with Gasteiger partial charge in [0, 0.05) is 26.2 Å². The van der Waals surface area contributed by atoms with E-state index in [1.807, 2.05) is 45.2 Å². The van der Waals surface area contributed by atoms with Gasteiger partial charge in [0.25, 0.3) is 0 Å². The lowest BCUT2D eigenvalue weighted by molar-refractivity contribution is 0.281. The third-order valence-electron chi connectivity index (χ3n) is 4.13. The van der Waals surface area contributed by atoms with E-state index in [0.29, 0.717) is 6.61 Å². The molecule has 1 heterocycles. The normalized spacial score (nSPS) is 11.0.